The van der Waals surface area contributed by atoms with Gasteiger partial charge >= 0.3 is 0 Å². The van der Waals surface area contributed by atoms with E-state index in [-0.39, 0.29) is 6.04 Å². The van der Waals surface area contributed by atoms with Crippen molar-refractivity contribution in [2.75, 3.05) is 0 Å². The maximum Gasteiger partial charge on any atom is 0.141 e. The maximum atomic E-state index is 5.51. The first-order chi connectivity index (χ1) is 18.1. The molecule has 0 radical (unpaired) electrons. The van der Waals surface area contributed by atoms with Crippen molar-refractivity contribution in [1.82, 2.24) is 14.7 Å². The molecule has 0 aliphatic carbocycles. The number of hydrogen-bond donors (Lipinski definition) is 0. The number of aromatic nitrogens is 3. The van der Waals surface area contributed by atoms with E-state index < -0.39 is 0 Å². The minimum absolute atomic E-state index is 0.0755. The molecule has 0 aliphatic heterocycles. The van der Waals surface area contributed by atoms with Gasteiger partial charge in [-0.1, -0.05) is 84.9 Å². The molecule has 3 heterocycles. The third-order valence-electron chi connectivity index (χ3n) is 7.19. The summed E-state index contributed by atoms with van der Waals surface area (Å²) in [6.45, 7) is 6.16. The van der Waals surface area contributed by atoms with E-state index in [9.17, 15) is 0 Å². The molecule has 0 N–H and O–H groups in total. The van der Waals surface area contributed by atoms with Gasteiger partial charge in [0, 0.05) is 28.9 Å². The lowest BCUT2D eigenvalue weighted by molar-refractivity contribution is 0.393. The SMILES string of the molecule is CCc1ccc(-c2cn([C@@H](c3ccccc3)c3ccccn3)c3cc(-c4c(C)noc4C)ccc23)cc1. The van der Waals surface area contributed by atoms with Gasteiger partial charge in [0.05, 0.1) is 16.9 Å². The Kier molecular flexibility index (Phi) is 5.93. The van der Waals surface area contributed by atoms with E-state index in [1.165, 1.54) is 27.6 Å². The quantitative estimate of drug-likeness (QED) is 0.240. The molecule has 0 aliphatic rings. The van der Waals surface area contributed by atoms with E-state index in [2.05, 4.69) is 108 Å². The molecule has 3 aromatic carbocycles. The summed E-state index contributed by atoms with van der Waals surface area (Å²) < 4.78 is 7.88. The molecule has 0 fully saturated rings. The van der Waals surface area contributed by atoms with Gasteiger partial charge in [-0.05, 0) is 60.7 Å². The molecule has 0 amide bonds. The van der Waals surface area contributed by atoms with Gasteiger partial charge in [0.1, 0.15) is 11.8 Å². The fraction of sp³-hybridized carbons (Fsp3) is 0.152. The predicted octanol–water partition coefficient (Wildman–Crippen LogP) is 8.18. The maximum absolute atomic E-state index is 5.51. The lowest BCUT2D eigenvalue weighted by Crippen LogP contribution is -2.12. The Bertz CT molecular complexity index is 1600. The van der Waals surface area contributed by atoms with Crippen molar-refractivity contribution in [3.05, 3.63) is 132 Å². The lowest BCUT2D eigenvalue weighted by atomic mass is 9.99. The minimum atomic E-state index is -0.0755. The summed E-state index contributed by atoms with van der Waals surface area (Å²) in [5.41, 5.74) is 10.1. The summed E-state index contributed by atoms with van der Waals surface area (Å²) in [4.78, 5) is 4.80. The van der Waals surface area contributed by atoms with Crippen molar-refractivity contribution in [2.45, 2.75) is 33.2 Å². The van der Waals surface area contributed by atoms with Gasteiger partial charge in [-0.25, -0.2) is 0 Å². The molecule has 1 atom stereocenters. The van der Waals surface area contributed by atoms with Gasteiger partial charge in [0.15, 0.2) is 0 Å². The normalized spacial score (nSPS) is 12.2. The highest BCUT2D eigenvalue weighted by atomic mass is 16.5. The number of pyridine rings is 1. The first-order valence-electron chi connectivity index (χ1n) is 12.8. The van der Waals surface area contributed by atoms with Crippen molar-refractivity contribution in [3.8, 4) is 22.3 Å². The van der Waals surface area contributed by atoms with Crippen LogP contribution in [-0.2, 0) is 6.42 Å². The Morgan fingerprint density at radius 3 is 2.27 bits per heavy atom. The zero-order chi connectivity index (χ0) is 25.4. The first-order valence-corrected chi connectivity index (χ1v) is 12.8. The van der Waals surface area contributed by atoms with Crippen molar-refractivity contribution in [1.29, 1.82) is 0 Å². The van der Waals surface area contributed by atoms with Crippen LogP contribution in [0.3, 0.4) is 0 Å². The van der Waals surface area contributed by atoms with Crippen molar-refractivity contribution < 1.29 is 4.52 Å². The average molecular weight is 484 g/mol. The topological polar surface area (TPSA) is 43.9 Å². The number of benzene rings is 3. The monoisotopic (exact) mass is 483 g/mol. The first kappa shape index (κ1) is 23.0. The van der Waals surface area contributed by atoms with Crippen LogP contribution in [0.4, 0.5) is 0 Å². The van der Waals surface area contributed by atoms with Crippen LogP contribution < -0.4 is 0 Å². The number of hydrogen-bond acceptors (Lipinski definition) is 3. The summed E-state index contributed by atoms with van der Waals surface area (Å²) in [6, 6.07) is 32.3. The highest BCUT2D eigenvalue weighted by Crippen LogP contribution is 2.39. The summed E-state index contributed by atoms with van der Waals surface area (Å²) in [6.07, 6.45) is 5.18. The van der Waals surface area contributed by atoms with Crippen LogP contribution in [0.5, 0.6) is 0 Å². The summed E-state index contributed by atoms with van der Waals surface area (Å²) >= 11 is 0. The molecule has 0 bridgehead atoms. The number of rotatable bonds is 6. The third-order valence-corrected chi connectivity index (χ3v) is 7.19. The van der Waals surface area contributed by atoms with Crippen LogP contribution in [0.15, 0.2) is 108 Å². The zero-order valence-corrected chi connectivity index (χ0v) is 21.3. The van der Waals surface area contributed by atoms with Gasteiger partial charge in [-0.15, -0.1) is 0 Å². The van der Waals surface area contributed by atoms with Crippen LogP contribution in [0.1, 0.15) is 41.2 Å². The summed E-state index contributed by atoms with van der Waals surface area (Å²) in [5.74, 6) is 0.828. The van der Waals surface area contributed by atoms with E-state index in [0.29, 0.717) is 0 Å². The molecule has 0 saturated heterocycles. The molecule has 6 rings (SSSR count). The average Bonchev–Trinajstić information content (AvgIpc) is 3.49. The fourth-order valence-electron chi connectivity index (χ4n) is 5.31. The fourth-order valence-corrected chi connectivity index (χ4v) is 5.31. The van der Waals surface area contributed by atoms with Crippen molar-refractivity contribution in [2.24, 2.45) is 0 Å². The Labute approximate surface area is 217 Å². The standard InChI is InChI=1S/C33H29N3O/c1-4-24-13-15-25(16-14-24)29-21-36(33(26-10-6-5-7-11-26)30-12-8-9-19-34-30)31-20-27(17-18-28(29)31)32-22(2)35-37-23(32)3/h5-21,33H,4H2,1-3H3/t33-/m0/s1. The van der Waals surface area contributed by atoms with Gasteiger partial charge in [-0.3, -0.25) is 4.98 Å². The Balaban J connectivity index is 1.64. The summed E-state index contributed by atoms with van der Waals surface area (Å²) in [7, 11) is 0. The smallest absolute Gasteiger partial charge is 0.141 e. The second-order valence-electron chi connectivity index (χ2n) is 9.50. The third kappa shape index (κ3) is 4.15. The Morgan fingerprint density at radius 2 is 1.59 bits per heavy atom. The van der Waals surface area contributed by atoms with Crippen molar-refractivity contribution in [3.63, 3.8) is 0 Å². The molecule has 3 aromatic heterocycles. The second kappa shape index (κ2) is 9.55. The van der Waals surface area contributed by atoms with Crippen LogP contribution >= 0.6 is 0 Å². The zero-order valence-electron chi connectivity index (χ0n) is 21.3. The number of nitrogens with zero attached hydrogens (tertiary/aromatic N) is 3. The van der Waals surface area contributed by atoms with Crippen LogP contribution in [0.25, 0.3) is 33.2 Å². The van der Waals surface area contributed by atoms with Gasteiger partial charge in [0.2, 0.25) is 0 Å². The molecule has 4 heteroatoms. The van der Waals surface area contributed by atoms with Crippen molar-refractivity contribution >= 4 is 10.9 Å². The molecular formula is C33H29N3O. The molecule has 0 spiro atoms. The minimum Gasteiger partial charge on any atom is -0.361 e. The van der Waals surface area contributed by atoms with Crippen LogP contribution in [-0.4, -0.2) is 14.7 Å². The van der Waals surface area contributed by atoms with Gasteiger partial charge < -0.3 is 9.09 Å². The van der Waals surface area contributed by atoms with E-state index >= 15 is 0 Å². The molecule has 0 unspecified atom stereocenters. The molecule has 182 valence electrons. The van der Waals surface area contributed by atoms with Gasteiger partial charge in [0.25, 0.3) is 0 Å². The van der Waals surface area contributed by atoms with E-state index in [0.717, 1.165) is 40.2 Å². The molecule has 6 aromatic rings. The summed E-state index contributed by atoms with van der Waals surface area (Å²) in [5, 5.41) is 5.41. The Hall–Kier alpha value is -4.44. The largest absolute Gasteiger partial charge is 0.361 e. The van der Waals surface area contributed by atoms with E-state index in [1.807, 2.05) is 26.1 Å². The highest BCUT2D eigenvalue weighted by molar-refractivity contribution is 5.98. The van der Waals surface area contributed by atoms with E-state index in [4.69, 9.17) is 9.51 Å². The van der Waals surface area contributed by atoms with E-state index in [1.54, 1.807) is 0 Å². The second-order valence-corrected chi connectivity index (χ2v) is 9.50. The van der Waals surface area contributed by atoms with Crippen LogP contribution in [0.2, 0.25) is 0 Å². The lowest BCUT2D eigenvalue weighted by Gasteiger charge is -2.21. The predicted molar refractivity (Wildman–Crippen MR) is 150 cm³/mol. The molecule has 4 nitrogen and oxygen atoms in total. The molecule has 37 heavy (non-hydrogen) atoms. The van der Waals surface area contributed by atoms with Crippen LogP contribution in [0, 0.1) is 13.8 Å². The van der Waals surface area contributed by atoms with Gasteiger partial charge in [-0.2, -0.15) is 0 Å². The Morgan fingerprint density at radius 1 is 0.838 bits per heavy atom. The molecular weight excluding hydrogens is 454 g/mol. The number of aryl methyl sites for hydroxylation is 3. The number of fused-ring (bicyclic) bond motifs is 1. The molecule has 0 saturated carbocycles. The highest BCUT2D eigenvalue weighted by Gasteiger charge is 2.23.